The van der Waals surface area contributed by atoms with Crippen LogP contribution in [0.25, 0.3) is 0 Å². The van der Waals surface area contributed by atoms with Crippen LogP contribution in [-0.4, -0.2) is 101 Å². The SMILES string of the molecule is C=C[C@H]1C[C@]2(CO)O[C@@H](CCO[Si](c3ccccc3)(c3ccccc3)C(C)(C)C)CC[C@@H]2O1.CC(C)(C)[Si](OCC[C@H]1CC[C@@H]2O[C@@H]3C[C@]2(C=C[C@H]3O)O1)(c1ccccc1)c1ccccc1. The summed E-state index contributed by atoms with van der Waals surface area (Å²) >= 11 is 0. The van der Waals surface area contributed by atoms with Gasteiger partial charge < -0.3 is 38.0 Å². The summed E-state index contributed by atoms with van der Waals surface area (Å²) in [5.74, 6) is 0. The molecule has 5 aliphatic rings. The van der Waals surface area contributed by atoms with Crippen LogP contribution in [0, 0.1) is 0 Å². The van der Waals surface area contributed by atoms with E-state index in [-0.39, 0.29) is 58.9 Å². The molecule has 66 heavy (non-hydrogen) atoms. The number of ether oxygens (including phenoxy) is 4. The molecule has 0 amide bonds. The second-order valence-corrected chi connectivity index (χ2v) is 29.8. The van der Waals surface area contributed by atoms with Gasteiger partial charge in [0.15, 0.2) is 0 Å². The molecule has 10 heteroatoms. The summed E-state index contributed by atoms with van der Waals surface area (Å²) in [6.07, 6.45) is 12.1. The Balaban J connectivity index is 0.000000179. The van der Waals surface area contributed by atoms with Crippen LogP contribution in [0.2, 0.25) is 10.1 Å². The topological polar surface area (TPSA) is 95.8 Å². The van der Waals surface area contributed by atoms with Gasteiger partial charge in [-0.3, -0.25) is 0 Å². The standard InChI is InChI=1S/C28H36O4Si.C28H38O4Si/c1-27(2,3)33(22-10-6-4-7-11-22,23-12-8-5-9-13-23)30-19-17-21-14-15-26-28(32-21)18-16-24(29)25(20-28)31-26;1-5-22-20-28(21-29)26(31-22)17-16-23(32-28)18-19-30-33(27(2,3)4,24-12-8-6-9-13-24)25-14-10-7-11-15-25/h4-13,16,18,21,24-26,29H,14-15,17,19-20H2,1-3H3;5-15,22-23,26,29H,1,16-21H2,2-4H3/t21-,24-,25-,26+,28+;22-,23+,26-,28+/m10/s1. The van der Waals surface area contributed by atoms with Gasteiger partial charge in [0.25, 0.3) is 16.6 Å². The van der Waals surface area contributed by atoms with Gasteiger partial charge in [0.1, 0.15) is 11.2 Å². The Bertz CT molecular complexity index is 2120. The third kappa shape index (κ3) is 9.57. The predicted octanol–water partition coefficient (Wildman–Crippen LogP) is 8.17. The Kier molecular flexibility index (Phi) is 15.0. The van der Waals surface area contributed by atoms with Gasteiger partial charge in [-0.05, 0) is 69.3 Å². The van der Waals surface area contributed by atoms with Crippen molar-refractivity contribution in [2.75, 3.05) is 19.8 Å². The number of hydrogen-bond acceptors (Lipinski definition) is 8. The lowest BCUT2D eigenvalue weighted by molar-refractivity contribution is -0.184. The van der Waals surface area contributed by atoms with Crippen LogP contribution in [0.4, 0.5) is 0 Å². The Labute approximate surface area is 396 Å². The average Bonchev–Trinajstić information content (AvgIpc) is 3.87. The first kappa shape index (κ1) is 48.9. The number of rotatable bonds is 14. The molecule has 0 unspecified atom stereocenters. The first-order chi connectivity index (χ1) is 31.7. The summed E-state index contributed by atoms with van der Waals surface area (Å²) in [5, 5.41) is 25.5. The van der Waals surface area contributed by atoms with E-state index in [0.717, 1.165) is 44.9 Å². The van der Waals surface area contributed by atoms with Crippen LogP contribution in [0.5, 0.6) is 0 Å². The molecular formula is C56H74O8Si2. The summed E-state index contributed by atoms with van der Waals surface area (Å²) in [6, 6.07) is 43.1. The van der Waals surface area contributed by atoms with Gasteiger partial charge in [0, 0.05) is 26.1 Å². The van der Waals surface area contributed by atoms with Gasteiger partial charge in [0.05, 0.1) is 49.3 Å². The normalized spacial score (nSPS) is 29.6. The molecule has 0 aromatic heterocycles. The van der Waals surface area contributed by atoms with Crippen LogP contribution in [0.3, 0.4) is 0 Å². The molecule has 4 heterocycles. The second kappa shape index (κ2) is 20.2. The minimum atomic E-state index is -2.55. The van der Waals surface area contributed by atoms with Crippen molar-refractivity contribution < 1.29 is 38.0 Å². The largest absolute Gasteiger partial charge is 0.407 e. The molecule has 4 aliphatic heterocycles. The molecule has 0 saturated carbocycles. The molecule has 4 saturated heterocycles. The molecule has 1 spiro atoms. The fourth-order valence-corrected chi connectivity index (χ4v) is 20.9. The van der Waals surface area contributed by atoms with Crippen LogP contribution >= 0.6 is 0 Å². The maximum absolute atomic E-state index is 10.2. The quantitative estimate of drug-likeness (QED) is 0.0968. The molecule has 9 rings (SSSR count). The number of aliphatic hydroxyl groups is 2. The van der Waals surface area contributed by atoms with Crippen molar-refractivity contribution in [3.63, 3.8) is 0 Å². The van der Waals surface area contributed by atoms with Crippen molar-refractivity contribution in [3.05, 3.63) is 146 Å². The van der Waals surface area contributed by atoms with Crippen LogP contribution in [0.1, 0.15) is 92.9 Å². The smallest absolute Gasteiger partial charge is 0.261 e. The van der Waals surface area contributed by atoms with Gasteiger partial charge >= 0.3 is 0 Å². The third-order valence-corrected chi connectivity index (χ3v) is 25.1. The molecule has 4 fully saturated rings. The summed E-state index contributed by atoms with van der Waals surface area (Å²) in [6.45, 7) is 19.0. The van der Waals surface area contributed by atoms with E-state index < -0.39 is 28.3 Å². The molecule has 0 radical (unpaired) electrons. The second-order valence-electron chi connectivity index (χ2n) is 21.2. The van der Waals surface area contributed by atoms with Crippen molar-refractivity contribution >= 4 is 37.4 Å². The van der Waals surface area contributed by atoms with E-state index in [1.54, 1.807) is 0 Å². The van der Waals surface area contributed by atoms with E-state index in [1.807, 2.05) is 12.2 Å². The van der Waals surface area contributed by atoms with Crippen LogP contribution in [0.15, 0.2) is 146 Å². The summed E-state index contributed by atoms with van der Waals surface area (Å²) < 4.78 is 39.4. The lowest BCUT2D eigenvalue weighted by atomic mass is 9.82. The monoisotopic (exact) mass is 930 g/mol. The fourth-order valence-electron chi connectivity index (χ4n) is 11.8. The maximum atomic E-state index is 10.2. The van der Waals surface area contributed by atoms with Crippen LogP contribution in [-0.2, 0) is 27.8 Å². The van der Waals surface area contributed by atoms with Crippen molar-refractivity contribution in [3.8, 4) is 0 Å². The van der Waals surface area contributed by atoms with Gasteiger partial charge in [-0.2, -0.15) is 0 Å². The van der Waals surface area contributed by atoms with E-state index in [4.69, 9.17) is 27.8 Å². The highest BCUT2D eigenvalue weighted by atomic mass is 28.4. The molecular weight excluding hydrogens is 857 g/mol. The first-order valence-electron chi connectivity index (χ1n) is 24.5. The maximum Gasteiger partial charge on any atom is 0.261 e. The molecule has 8 nitrogen and oxygen atoms in total. The van der Waals surface area contributed by atoms with Crippen molar-refractivity contribution in [1.29, 1.82) is 0 Å². The van der Waals surface area contributed by atoms with Crippen LogP contribution < -0.4 is 20.7 Å². The number of aliphatic hydroxyl groups excluding tert-OH is 2. The predicted molar refractivity (Wildman–Crippen MR) is 269 cm³/mol. The molecule has 4 aromatic rings. The minimum Gasteiger partial charge on any atom is -0.407 e. The van der Waals surface area contributed by atoms with Crippen molar-refractivity contribution in [2.45, 2.75) is 157 Å². The zero-order valence-electron chi connectivity index (χ0n) is 40.1. The highest BCUT2D eigenvalue weighted by molar-refractivity contribution is 7.00. The Morgan fingerprint density at radius 2 is 1.06 bits per heavy atom. The average molecular weight is 931 g/mol. The van der Waals surface area contributed by atoms with E-state index in [9.17, 15) is 10.2 Å². The lowest BCUT2D eigenvalue weighted by Crippen LogP contribution is -2.66. The van der Waals surface area contributed by atoms with Gasteiger partial charge in [0.2, 0.25) is 0 Å². The Morgan fingerprint density at radius 3 is 1.48 bits per heavy atom. The number of benzene rings is 4. The number of fused-ring (bicyclic) bond motifs is 2. The molecule has 1 aliphatic carbocycles. The van der Waals surface area contributed by atoms with Crippen molar-refractivity contribution in [1.82, 2.24) is 0 Å². The molecule has 9 atom stereocenters. The van der Waals surface area contributed by atoms with E-state index in [2.05, 4.69) is 176 Å². The molecule has 2 bridgehead atoms. The Morgan fingerprint density at radius 1 is 0.621 bits per heavy atom. The van der Waals surface area contributed by atoms with Crippen molar-refractivity contribution in [2.24, 2.45) is 0 Å². The van der Waals surface area contributed by atoms with Gasteiger partial charge in [-0.15, -0.1) is 6.58 Å². The molecule has 4 aromatic carbocycles. The van der Waals surface area contributed by atoms with E-state index in [1.165, 1.54) is 20.7 Å². The number of hydrogen-bond donors (Lipinski definition) is 2. The summed E-state index contributed by atoms with van der Waals surface area (Å²) in [4.78, 5) is 0. The third-order valence-electron chi connectivity index (χ3n) is 15.0. The first-order valence-corrected chi connectivity index (χ1v) is 28.3. The lowest BCUT2D eigenvalue weighted by Gasteiger charge is -2.44. The summed E-state index contributed by atoms with van der Waals surface area (Å²) in [7, 11) is -5.07. The highest BCUT2D eigenvalue weighted by Gasteiger charge is 2.56. The molecule has 354 valence electrons. The van der Waals surface area contributed by atoms with Gasteiger partial charge in [-0.25, -0.2) is 0 Å². The zero-order chi connectivity index (χ0) is 46.6. The van der Waals surface area contributed by atoms with Gasteiger partial charge in [-0.1, -0.05) is 181 Å². The minimum absolute atomic E-state index is 0.0198. The fraction of sp³-hybridized carbons (Fsp3) is 0.500. The highest BCUT2D eigenvalue weighted by Crippen LogP contribution is 2.47. The van der Waals surface area contributed by atoms with E-state index in [0.29, 0.717) is 19.6 Å². The zero-order valence-corrected chi connectivity index (χ0v) is 42.1. The van der Waals surface area contributed by atoms with E-state index >= 15 is 0 Å². The summed E-state index contributed by atoms with van der Waals surface area (Å²) in [5.41, 5.74) is -0.983. The molecule has 2 N–H and O–H groups in total. The Hall–Kier alpha value is -3.53.